The monoisotopic (exact) mass is 420 g/mol. The number of rotatable bonds is 3. The number of halogens is 3. The molecule has 8 nitrogen and oxygen atoms in total. The zero-order valence-corrected chi connectivity index (χ0v) is 16.1. The maximum Gasteiger partial charge on any atom is 0.406 e. The van der Waals surface area contributed by atoms with Crippen molar-refractivity contribution in [1.29, 1.82) is 0 Å². The summed E-state index contributed by atoms with van der Waals surface area (Å²) in [7, 11) is 1.07. The summed E-state index contributed by atoms with van der Waals surface area (Å²) in [6, 6.07) is 7.49. The van der Waals surface area contributed by atoms with Crippen LogP contribution in [-0.4, -0.2) is 65.7 Å². The minimum atomic E-state index is -4.52. The Hall–Kier alpha value is -3.37. The van der Waals surface area contributed by atoms with Gasteiger partial charge < -0.3 is 9.80 Å². The highest BCUT2D eigenvalue weighted by molar-refractivity contribution is 6.05. The highest BCUT2D eigenvalue weighted by Crippen LogP contribution is 2.39. The molecule has 4 heterocycles. The number of hydrogen-bond donors (Lipinski definition) is 1. The normalized spacial score (nSPS) is 17.5. The van der Waals surface area contributed by atoms with Crippen molar-refractivity contribution in [1.82, 2.24) is 14.9 Å². The summed E-state index contributed by atoms with van der Waals surface area (Å²) in [6.07, 6.45) is -2.26. The smallest absolute Gasteiger partial charge is 0.366 e. The molecule has 0 unspecified atom stereocenters. The van der Waals surface area contributed by atoms with Gasteiger partial charge in [-0.15, -0.1) is 0 Å². The Balaban J connectivity index is 1.64. The van der Waals surface area contributed by atoms with Crippen molar-refractivity contribution < 1.29 is 22.8 Å². The van der Waals surface area contributed by atoms with Crippen molar-refractivity contribution >= 4 is 29.3 Å². The van der Waals surface area contributed by atoms with Crippen LogP contribution in [0, 0.1) is 0 Å². The molecule has 0 spiro atoms. The second-order valence-electron chi connectivity index (χ2n) is 7.22. The molecule has 2 aliphatic rings. The topological polar surface area (TPSA) is 81.7 Å². The van der Waals surface area contributed by atoms with E-state index in [2.05, 4.69) is 15.3 Å². The summed E-state index contributed by atoms with van der Waals surface area (Å²) in [4.78, 5) is 37.9. The molecule has 0 radical (unpaired) electrons. The molecule has 4 rings (SSSR count). The lowest BCUT2D eigenvalue weighted by Crippen LogP contribution is -2.48. The summed E-state index contributed by atoms with van der Waals surface area (Å²) in [5.41, 5.74) is 0.508. The number of nitrogens with one attached hydrogen (secondary N) is 1. The lowest BCUT2D eigenvalue weighted by molar-refractivity contribution is -0.138. The molecule has 0 saturated carbocycles. The fourth-order valence-electron chi connectivity index (χ4n) is 3.73. The largest absolute Gasteiger partial charge is 0.406 e. The maximum atomic E-state index is 13.0. The first-order chi connectivity index (χ1) is 14.2. The number of carbonyl (C=O) groups is 2. The van der Waals surface area contributed by atoms with Gasteiger partial charge in [-0.05, 0) is 30.7 Å². The summed E-state index contributed by atoms with van der Waals surface area (Å²) in [5, 5.41) is 2.71. The first kappa shape index (κ1) is 19.9. The van der Waals surface area contributed by atoms with Crippen molar-refractivity contribution in [2.75, 3.05) is 41.8 Å². The lowest BCUT2D eigenvalue weighted by atomic mass is 10.1. The molecule has 2 bridgehead atoms. The number of aromatic nitrogens is 2. The Morgan fingerprint density at radius 3 is 2.77 bits per heavy atom. The summed E-state index contributed by atoms with van der Waals surface area (Å²) < 4.78 is 38.0. The molecule has 3 amide bonds. The van der Waals surface area contributed by atoms with Gasteiger partial charge in [-0.3, -0.25) is 15.0 Å². The third-order valence-corrected chi connectivity index (χ3v) is 5.05. The number of hydrogen-bond acceptors (Lipinski definition) is 5. The molecule has 1 N–H and O–H groups in total. The van der Waals surface area contributed by atoms with Crippen molar-refractivity contribution in [2.45, 2.75) is 18.6 Å². The molecule has 11 heteroatoms. The van der Waals surface area contributed by atoms with E-state index < -0.39 is 24.7 Å². The van der Waals surface area contributed by atoms with Crippen LogP contribution < -0.4 is 15.1 Å². The number of nitrogens with zero attached hydrogens (tertiary/aromatic N) is 5. The Bertz CT molecular complexity index is 968. The Labute approximate surface area is 170 Å². The average molecular weight is 420 g/mol. The molecule has 2 aromatic rings. The number of anilines is 3. The number of amides is 3. The molecule has 158 valence electrons. The number of fused-ring (bicyclic) bond motifs is 4. The molecule has 30 heavy (non-hydrogen) atoms. The van der Waals surface area contributed by atoms with Crippen LogP contribution in [0.4, 0.5) is 35.3 Å². The number of urea groups is 1. The minimum absolute atomic E-state index is 0.154. The number of carbonyl (C=O) groups excluding carboxylic acids is 2. The van der Waals surface area contributed by atoms with Crippen molar-refractivity contribution in [3.05, 3.63) is 42.2 Å². The molecule has 1 fully saturated rings. The van der Waals surface area contributed by atoms with Gasteiger partial charge >= 0.3 is 12.2 Å². The highest BCUT2D eigenvalue weighted by Gasteiger charge is 2.41. The Kier molecular flexibility index (Phi) is 4.96. The van der Waals surface area contributed by atoms with Crippen LogP contribution >= 0.6 is 0 Å². The van der Waals surface area contributed by atoms with Gasteiger partial charge in [0, 0.05) is 26.3 Å². The summed E-state index contributed by atoms with van der Waals surface area (Å²) >= 11 is 0. The third kappa shape index (κ3) is 3.87. The number of pyridine rings is 2. The zero-order chi connectivity index (χ0) is 21.5. The van der Waals surface area contributed by atoms with Gasteiger partial charge in [-0.25, -0.2) is 14.8 Å². The van der Waals surface area contributed by atoms with Gasteiger partial charge in [-0.1, -0.05) is 6.07 Å². The predicted octanol–water partition coefficient (Wildman–Crippen LogP) is 2.74. The lowest BCUT2D eigenvalue weighted by Gasteiger charge is -2.35. The Morgan fingerprint density at radius 2 is 2.07 bits per heavy atom. The van der Waals surface area contributed by atoms with E-state index in [4.69, 9.17) is 0 Å². The average Bonchev–Trinajstić information content (AvgIpc) is 3.11. The first-order valence-electron chi connectivity index (χ1n) is 9.32. The fraction of sp³-hybridized carbons (Fsp3) is 0.368. The Morgan fingerprint density at radius 1 is 1.27 bits per heavy atom. The highest BCUT2D eigenvalue weighted by atomic mass is 19.4. The van der Waals surface area contributed by atoms with E-state index in [1.54, 1.807) is 30.5 Å². The van der Waals surface area contributed by atoms with E-state index in [0.29, 0.717) is 35.9 Å². The van der Waals surface area contributed by atoms with Crippen LogP contribution in [0.25, 0.3) is 0 Å². The number of alkyl halides is 3. The molecular weight excluding hydrogens is 401 g/mol. The van der Waals surface area contributed by atoms with Gasteiger partial charge in [0.05, 0.1) is 11.7 Å². The fourth-order valence-corrected chi connectivity index (χ4v) is 3.73. The third-order valence-electron chi connectivity index (χ3n) is 5.05. The van der Waals surface area contributed by atoms with Crippen molar-refractivity contribution in [2.24, 2.45) is 0 Å². The predicted molar refractivity (Wildman–Crippen MR) is 104 cm³/mol. The van der Waals surface area contributed by atoms with Gasteiger partial charge in [0.2, 0.25) is 0 Å². The molecule has 0 aromatic carbocycles. The van der Waals surface area contributed by atoms with Crippen LogP contribution in [-0.2, 0) is 0 Å². The maximum absolute atomic E-state index is 13.0. The standard InChI is InChI=1S/C19H19F3N6O2/c1-26(11-19(20,21)22)17(29)13-5-6-14-16(24-13)28(12-7-9-27(14)10-12)18(30)25-15-4-2-3-8-23-15/h2-6,8,12H,7,9-11H2,1H3,(H,23,25,30)/t12-/m0/s1. The van der Waals surface area contributed by atoms with Crippen molar-refractivity contribution in [3.63, 3.8) is 0 Å². The van der Waals surface area contributed by atoms with Gasteiger partial charge in [0.25, 0.3) is 5.91 Å². The van der Waals surface area contributed by atoms with E-state index in [-0.39, 0.29) is 17.6 Å². The molecule has 1 saturated heterocycles. The summed E-state index contributed by atoms with van der Waals surface area (Å²) in [6.45, 7) is -0.0528. The van der Waals surface area contributed by atoms with E-state index in [1.807, 2.05) is 4.90 Å². The second kappa shape index (κ2) is 7.47. The molecule has 0 aliphatic carbocycles. The van der Waals surface area contributed by atoms with Gasteiger partial charge in [0.15, 0.2) is 5.82 Å². The molecule has 2 aromatic heterocycles. The SMILES string of the molecule is CN(CC(F)(F)F)C(=O)c1ccc2c(n1)N(C(=O)Nc1ccccn1)[C@H]1CCN2C1. The summed E-state index contributed by atoms with van der Waals surface area (Å²) in [5.74, 6) is -0.252. The van der Waals surface area contributed by atoms with Crippen LogP contribution in [0.2, 0.25) is 0 Å². The zero-order valence-electron chi connectivity index (χ0n) is 16.1. The second-order valence-corrected chi connectivity index (χ2v) is 7.22. The van der Waals surface area contributed by atoms with E-state index >= 15 is 0 Å². The van der Waals surface area contributed by atoms with Crippen LogP contribution in [0.1, 0.15) is 16.9 Å². The molecular formula is C19H19F3N6O2. The van der Waals surface area contributed by atoms with Crippen LogP contribution in [0.5, 0.6) is 0 Å². The van der Waals surface area contributed by atoms with Crippen LogP contribution in [0.3, 0.4) is 0 Å². The van der Waals surface area contributed by atoms with Crippen molar-refractivity contribution in [3.8, 4) is 0 Å². The van der Waals surface area contributed by atoms with Gasteiger partial charge in [-0.2, -0.15) is 13.2 Å². The van der Waals surface area contributed by atoms with E-state index in [9.17, 15) is 22.8 Å². The van der Waals surface area contributed by atoms with E-state index in [1.165, 1.54) is 11.0 Å². The molecule has 2 aliphatic heterocycles. The van der Waals surface area contributed by atoms with E-state index in [0.717, 1.165) is 7.05 Å². The van der Waals surface area contributed by atoms with Crippen LogP contribution in [0.15, 0.2) is 36.5 Å². The quantitative estimate of drug-likeness (QED) is 0.826. The first-order valence-corrected chi connectivity index (χ1v) is 9.32. The molecule has 1 atom stereocenters. The minimum Gasteiger partial charge on any atom is -0.366 e. The van der Waals surface area contributed by atoms with Gasteiger partial charge in [0.1, 0.15) is 18.1 Å².